The lowest BCUT2D eigenvalue weighted by Gasteiger charge is -2.44. The Kier molecular flexibility index (Phi) is 5.72. The Balaban J connectivity index is 1.92. The molecule has 1 aliphatic heterocycles. The maximum atomic E-state index is 12.4. The molecule has 2 N–H and O–H groups in total. The number of carboxylic acids is 1. The van der Waals surface area contributed by atoms with Gasteiger partial charge in [0, 0.05) is 13.1 Å². The fraction of sp³-hybridized carbons (Fsp3) is 0.824. The molecule has 0 radical (unpaired) electrons. The van der Waals surface area contributed by atoms with Crippen molar-refractivity contribution >= 4 is 18.0 Å². The van der Waals surface area contributed by atoms with E-state index >= 15 is 0 Å². The van der Waals surface area contributed by atoms with Gasteiger partial charge in [0.25, 0.3) is 0 Å². The fourth-order valence-corrected chi connectivity index (χ4v) is 3.76. The van der Waals surface area contributed by atoms with E-state index in [1.807, 2.05) is 0 Å². The molecule has 1 heterocycles. The van der Waals surface area contributed by atoms with Crippen molar-refractivity contribution < 1.29 is 24.2 Å². The van der Waals surface area contributed by atoms with E-state index in [-0.39, 0.29) is 30.8 Å². The van der Waals surface area contributed by atoms with Crippen molar-refractivity contribution in [1.82, 2.24) is 10.2 Å². The topological polar surface area (TPSA) is 95.9 Å². The van der Waals surface area contributed by atoms with Gasteiger partial charge >= 0.3 is 12.1 Å². The zero-order valence-electron chi connectivity index (χ0n) is 14.7. The van der Waals surface area contributed by atoms with Gasteiger partial charge in [-0.25, -0.2) is 4.79 Å². The van der Waals surface area contributed by atoms with Crippen molar-refractivity contribution in [3.63, 3.8) is 0 Å². The Morgan fingerprint density at radius 1 is 1.17 bits per heavy atom. The van der Waals surface area contributed by atoms with Crippen molar-refractivity contribution in [3.05, 3.63) is 0 Å². The molecule has 7 heteroatoms. The standard InChI is InChI=1S/C17H28N2O5/c1-17(2,3)24-16(23)18-8-14(20)19-9-11-6-4-5-7-12(11)13(10-19)15(21)22/h11-13H,4-10H2,1-3H3,(H,18,23)(H,21,22). The number of aliphatic carboxylic acids is 1. The number of amides is 2. The first-order valence-corrected chi connectivity index (χ1v) is 8.65. The third kappa shape index (κ3) is 4.85. The number of rotatable bonds is 3. The van der Waals surface area contributed by atoms with Crippen LogP contribution in [0.25, 0.3) is 0 Å². The maximum absolute atomic E-state index is 12.4. The summed E-state index contributed by atoms with van der Waals surface area (Å²) in [5, 5.41) is 11.9. The summed E-state index contributed by atoms with van der Waals surface area (Å²) >= 11 is 0. The molecule has 1 aliphatic carbocycles. The lowest BCUT2D eigenvalue weighted by Crippen LogP contribution is -2.54. The summed E-state index contributed by atoms with van der Waals surface area (Å²) < 4.78 is 5.11. The predicted octanol–water partition coefficient (Wildman–Crippen LogP) is 1.86. The van der Waals surface area contributed by atoms with E-state index in [4.69, 9.17) is 4.74 Å². The van der Waals surface area contributed by atoms with Crippen molar-refractivity contribution in [2.24, 2.45) is 17.8 Å². The normalized spacial score (nSPS) is 27.1. The number of nitrogens with one attached hydrogen (secondary N) is 1. The number of fused-ring (bicyclic) bond motifs is 1. The van der Waals surface area contributed by atoms with Crippen LogP contribution < -0.4 is 5.32 Å². The summed E-state index contributed by atoms with van der Waals surface area (Å²) in [5.74, 6) is -1.17. The van der Waals surface area contributed by atoms with Crippen LogP contribution in [0.2, 0.25) is 0 Å². The molecule has 7 nitrogen and oxygen atoms in total. The number of hydrogen-bond donors (Lipinski definition) is 2. The highest BCUT2D eigenvalue weighted by atomic mass is 16.6. The average molecular weight is 340 g/mol. The van der Waals surface area contributed by atoms with Crippen LogP contribution in [-0.4, -0.2) is 53.2 Å². The van der Waals surface area contributed by atoms with Crippen LogP contribution in [0.15, 0.2) is 0 Å². The summed E-state index contributed by atoms with van der Waals surface area (Å²) in [6.07, 6.45) is 3.42. The highest BCUT2D eigenvalue weighted by Gasteiger charge is 2.42. The largest absolute Gasteiger partial charge is 0.481 e. The number of carboxylic acid groups (broad SMARTS) is 1. The van der Waals surface area contributed by atoms with Crippen LogP contribution >= 0.6 is 0 Å². The Hall–Kier alpha value is -1.79. The Morgan fingerprint density at radius 3 is 2.46 bits per heavy atom. The summed E-state index contributed by atoms with van der Waals surface area (Å²) in [6, 6.07) is 0. The van der Waals surface area contributed by atoms with Gasteiger partial charge in [0.15, 0.2) is 0 Å². The minimum atomic E-state index is -0.829. The molecule has 1 saturated carbocycles. The SMILES string of the molecule is CC(C)(C)OC(=O)NCC(=O)N1CC2CCCCC2C(C(=O)O)C1. The lowest BCUT2D eigenvalue weighted by atomic mass is 9.69. The van der Waals surface area contributed by atoms with Crippen molar-refractivity contribution in [1.29, 1.82) is 0 Å². The van der Waals surface area contributed by atoms with Crippen LogP contribution in [0.5, 0.6) is 0 Å². The molecule has 0 aromatic carbocycles. The van der Waals surface area contributed by atoms with Crippen molar-refractivity contribution in [2.75, 3.05) is 19.6 Å². The molecule has 3 atom stereocenters. The quantitative estimate of drug-likeness (QED) is 0.817. The summed E-state index contributed by atoms with van der Waals surface area (Å²) in [4.78, 5) is 37.2. The molecule has 2 rings (SSSR count). The minimum Gasteiger partial charge on any atom is -0.481 e. The van der Waals surface area contributed by atoms with E-state index in [1.54, 1.807) is 25.7 Å². The number of carbonyl (C=O) groups is 3. The first-order valence-electron chi connectivity index (χ1n) is 8.65. The zero-order valence-corrected chi connectivity index (χ0v) is 14.7. The smallest absolute Gasteiger partial charge is 0.408 e. The second-order valence-electron chi connectivity index (χ2n) is 7.81. The molecular weight excluding hydrogens is 312 g/mol. The van der Waals surface area contributed by atoms with E-state index in [9.17, 15) is 19.5 Å². The summed E-state index contributed by atoms with van der Waals surface area (Å²) in [5.41, 5.74) is -0.623. The molecule has 0 aromatic rings. The van der Waals surface area contributed by atoms with Gasteiger partial charge in [-0.15, -0.1) is 0 Å². The average Bonchev–Trinajstić information content (AvgIpc) is 2.49. The number of likely N-dealkylation sites (tertiary alicyclic amines) is 1. The number of hydrogen-bond acceptors (Lipinski definition) is 4. The lowest BCUT2D eigenvalue weighted by molar-refractivity contribution is -0.151. The Labute approximate surface area is 142 Å². The van der Waals surface area contributed by atoms with Crippen LogP contribution in [0.3, 0.4) is 0 Å². The van der Waals surface area contributed by atoms with Crippen LogP contribution in [0.1, 0.15) is 46.5 Å². The van der Waals surface area contributed by atoms with Crippen molar-refractivity contribution in [3.8, 4) is 0 Å². The third-order valence-electron chi connectivity index (χ3n) is 4.81. The van der Waals surface area contributed by atoms with Gasteiger partial charge in [-0.1, -0.05) is 12.8 Å². The first-order chi connectivity index (χ1) is 11.2. The van der Waals surface area contributed by atoms with E-state index in [0.29, 0.717) is 6.54 Å². The maximum Gasteiger partial charge on any atom is 0.408 e. The highest BCUT2D eigenvalue weighted by Crippen LogP contribution is 2.39. The molecule has 2 aliphatic rings. The predicted molar refractivity (Wildman–Crippen MR) is 87.4 cm³/mol. The molecule has 0 bridgehead atoms. The third-order valence-corrected chi connectivity index (χ3v) is 4.81. The second kappa shape index (κ2) is 7.40. The van der Waals surface area contributed by atoms with Gasteiger partial charge in [-0.3, -0.25) is 9.59 Å². The number of alkyl carbamates (subject to hydrolysis) is 1. The molecule has 0 aromatic heterocycles. The molecular formula is C17H28N2O5. The van der Waals surface area contributed by atoms with Gasteiger partial charge in [-0.2, -0.15) is 0 Å². The molecule has 1 saturated heterocycles. The highest BCUT2D eigenvalue weighted by molar-refractivity contribution is 5.83. The van der Waals surface area contributed by atoms with Crippen LogP contribution in [0, 0.1) is 17.8 Å². The van der Waals surface area contributed by atoms with Crippen LogP contribution in [0.4, 0.5) is 4.79 Å². The molecule has 0 spiro atoms. The van der Waals surface area contributed by atoms with Gasteiger partial charge in [-0.05, 0) is 45.4 Å². The zero-order chi connectivity index (χ0) is 17.9. The first kappa shape index (κ1) is 18.5. The van der Waals surface area contributed by atoms with Crippen LogP contribution in [-0.2, 0) is 14.3 Å². The second-order valence-corrected chi connectivity index (χ2v) is 7.81. The molecule has 2 amide bonds. The fourth-order valence-electron chi connectivity index (χ4n) is 3.76. The van der Waals surface area contributed by atoms with E-state index in [0.717, 1.165) is 25.7 Å². The minimum absolute atomic E-state index is 0.166. The molecule has 3 unspecified atom stereocenters. The summed E-state index contributed by atoms with van der Waals surface area (Å²) in [6.45, 7) is 5.90. The molecule has 24 heavy (non-hydrogen) atoms. The number of piperidine rings is 1. The van der Waals surface area contributed by atoms with E-state index < -0.39 is 23.6 Å². The van der Waals surface area contributed by atoms with E-state index in [1.165, 1.54) is 0 Å². The Morgan fingerprint density at radius 2 is 1.83 bits per heavy atom. The number of nitrogens with zero attached hydrogens (tertiary/aromatic N) is 1. The number of ether oxygens (including phenoxy) is 1. The van der Waals surface area contributed by atoms with Gasteiger partial charge in [0.05, 0.1) is 5.92 Å². The van der Waals surface area contributed by atoms with Gasteiger partial charge in [0.2, 0.25) is 5.91 Å². The number of carbonyl (C=O) groups excluding carboxylic acids is 2. The monoisotopic (exact) mass is 340 g/mol. The molecule has 136 valence electrons. The van der Waals surface area contributed by atoms with Crippen molar-refractivity contribution in [2.45, 2.75) is 52.1 Å². The Bertz CT molecular complexity index is 500. The summed E-state index contributed by atoms with van der Waals surface area (Å²) in [7, 11) is 0. The van der Waals surface area contributed by atoms with Gasteiger partial charge < -0.3 is 20.1 Å². The van der Waals surface area contributed by atoms with E-state index in [2.05, 4.69) is 5.32 Å². The molecule has 2 fully saturated rings. The van der Waals surface area contributed by atoms with Gasteiger partial charge in [0.1, 0.15) is 12.1 Å².